The van der Waals surface area contributed by atoms with Crippen molar-refractivity contribution in [3.63, 3.8) is 0 Å². The van der Waals surface area contributed by atoms with E-state index >= 15 is 0 Å². The van der Waals surface area contributed by atoms with Crippen LogP contribution < -0.4 is 0 Å². The van der Waals surface area contributed by atoms with Crippen molar-refractivity contribution in [1.29, 1.82) is 0 Å². The Morgan fingerprint density at radius 3 is 0.429 bits per heavy atom. The van der Waals surface area contributed by atoms with Crippen LogP contribution in [-0.4, -0.2) is 0 Å². The summed E-state index contributed by atoms with van der Waals surface area (Å²) in [7, 11) is 0. The van der Waals surface area contributed by atoms with E-state index in [1.54, 1.807) is 0 Å². The summed E-state index contributed by atoms with van der Waals surface area (Å²) in [4.78, 5) is 0. The molecule has 0 atom stereocenters. The molecule has 0 saturated carbocycles. The van der Waals surface area contributed by atoms with Gasteiger partial charge < -0.3 is 5.48 Å². The van der Waals surface area contributed by atoms with Crippen LogP contribution in [-0.2, 0) is 135 Å². The second-order valence-corrected chi connectivity index (χ2v) is 0. The Morgan fingerprint density at radius 1 is 0.429 bits per heavy atom. The van der Waals surface area contributed by atoms with Gasteiger partial charge in [-0.05, 0) is 0 Å². The molecule has 0 aromatic carbocycles. The van der Waals surface area contributed by atoms with Crippen LogP contribution in [0.2, 0.25) is 0 Å². The van der Waals surface area contributed by atoms with Gasteiger partial charge in [-0.25, -0.2) is 0 Å². The smallest absolute Gasteiger partial charge is 2.00 e. The molecule has 0 aliphatic carbocycles. The molecule has 0 spiro atoms. The summed E-state index contributed by atoms with van der Waals surface area (Å²) in [6.45, 7) is 0. The topological polar surface area (TPSA) is 28.5 Å². The van der Waals surface area contributed by atoms with Crippen molar-refractivity contribution >= 4 is 0 Å². The molecule has 0 aliphatic rings. The summed E-state index contributed by atoms with van der Waals surface area (Å²) in [5, 5.41) is 0. The first-order valence-electron chi connectivity index (χ1n) is 0. The molecule has 0 fully saturated rings. The molecule has 7 heteroatoms. The Kier molecular flexibility index (Phi) is 459. The molecule has 14 valence electrons. The number of hydrogen-bond acceptors (Lipinski definition) is 0. The van der Waals surface area contributed by atoms with Gasteiger partial charge in [0.2, 0.25) is 0 Å². The molecule has 0 heterocycles. The summed E-state index contributed by atoms with van der Waals surface area (Å²) in [6, 6.07) is 0. The minimum atomic E-state index is 0. The Morgan fingerprint density at radius 2 is 0.429 bits per heavy atom. The fourth-order valence-corrected chi connectivity index (χ4v) is 0. The molecule has 0 saturated heterocycles. The van der Waals surface area contributed by atoms with Crippen LogP contribution in [0.1, 0.15) is 0 Å². The van der Waals surface area contributed by atoms with Gasteiger partial charge in [-0.3, -0.25) is 0 Å². The van der Waals surface area contributed by atoms with E-state index in [1.165, 1.54) is 0 Å². The van der Waals surface area contributed by atoms with Crippen molar-refractivity contribution < 1.29 is 135 Å². The van der Waals surface area contributed by atoms with Gasteiger partial charge in [0.05, 0.1) is 0 Å². The fraction of sp³-hybridized carbons (Fsp3) is 0. The molecule has 0 aliphatic heterocycles. The van der Waals surface area contributed by atoms with Gasteiger partial charge in [0.25, 0.3) is 0 Å². The Labute approximate surface area is 132 Å². The zero-order valence-corrected chi connectivity index (χ0v) is 13.1. The van der Waals surface area contributed by atoms with Gasteiger partial charge in [-0.15, -0.1) is 0 Å². The Bertz CT molecular complexity index is 8.04. The van der Waals surface area contributed by atoms with E-state index in [1.807, 2.05) is 0 Å². The quantitative estimate of drug-likeness (QED) is 0.544. The predicted octanol–water partition coefficient (Wildman–Crippen LogP) is -0.134. The molecule has 0 radical (unpaired) electrons. The van der Waals surface area contributed by atoms with Crippen molar-refractivity contribution in [2.24, 2.45) is 0 Å². The van der Waals surface area contributed by atoms with Crippen molar-refractivity contribution in [1.82, 2.24) is 0 Å². The summed E-state index contributed by atoms with van der Waals surface area (Å²) in [6.07, 6.45) is 0. The number of rotatable bonds is 0. The van der Waals surface area contributed by atoms with Crippen molar-refractivity contribution in [2.75, 3.05) is 0 Å². The third-order valence-corrected chi connectivity index (χ3v) is 0. The largest absolute Gasteiger partial charge is 4.00 e. The van der Waals surface area contributed by atoms with E-state index in [9.17, 15) is 0 Å². The third kappa shape index (κ3) is 38.8. The predicted molar refractivity (Wildman–Crippen MR) is 0.686 cm³/mol. The molecule has 0 aromatic rings. The van der Waals surface area contributed by atoms with Crippen LogP contribution in [0.25, 0.3) is 0 Å². The molecule has 0 N–H and O–H groups in total. The Balaban J connectivity index is 0. The van der Waals surface area contributed by atoms with Gasteiger partial charge in [0.1, 0.15) is 0 Å². The monoisotopic (exact) mass is 354 g/mol. The van der Waals surface area contributed by atoms with Gasteiger partial charge in [0, 0.05) is 21.1 Å². The molecular formula is MoOTi5+18. The zero-order chi connectivity index (χ0) is 0. The number of hydrogen-bond donors (Lipinski definition) is 0. The normalized spacial score (nSPS) is 0. The first-order valence-corrected chi connectivity index (χ1v) is 0. The molecule has 0 aromatic heterocycles. The van der Waals surface area contributed by atoms with E-state index in [0.717, 1.165) is 0 Å². The van der Waals surface area contributed by atoms with Crippen LogP contribution in [0, 0.1) is 0 Å². The molecule has 7 heavy (non-hydrogen) atoms. The minimum Gasteiger partial charge on any atom is -2.00 e. The van der Waals surface area contributed by atoms with Crippen molar-refractivity contribution in [3.8, 4) is 0 Å². The van der Waals surface area contributed by atoms with Crippen molar-refractivity contribution in [3.05, 3.63) is 0 Å². The van der Waals surface area contributed by atoms with Gasteiger partial charge in [-0.2, -0.15) is 0 Å². The molecule has 0 amide bonds. The summed E-state index contributed by atoms with van der Waals surface area (Å²) >= 11 is 0. The average molecular weight is 351 g/mol. The van der Waals surface area contributed by atoms with Crippen LogP contribution in [0.5, 0.6) is 0 Å². The van der Waals surface area contributed by atoms with Crippen LogP contribution in [0.3, 0.4) is 0 Å². The van der Waals surface area contributed by atoms with E-state index in [-0.39, 0.29) is 135 Å². The maximum atomic E-state index is 0. The average Bonchev–Trinajstić information content (AvgIpc) is 0. The third-order valence-electron chi connectivity index (χ3n) is 0. The summed E-state index contributed by atoms with van der Waals surface area (Å²) in [5.74, 6) is 0. The zero-order valence-electron chi connectivity index (χ0n) is 3.32. The van der Waals surface area contributed by atoms with E-state index < -0.39 is 0 Å². The second kappa shape index (κ2) is 48.8. The van der Waals surface area contributed by atoms with E-state index in [4.69, 9.17) is 0 Å². The van der Waals surface area contributed by atoms with Crippen molar-refractivity contribution in [2.45, 2.75) is 0 Å². The van der Waals surface area contributed by atoms with E-state index in [0.29, 0.717) is 0 Å². The van der Waals surface area contributed by atoms with Crippen LogP contribution in [0.4, 0.5) is 0 Å². The molecule has 0 rings (SSSR count). The molecule has 1 nitrogen and oxygen atoms in total. The SMILES string of the molecule is [Mo].[O-2].[Ti+4].[Ti+4].[Ti+4].[Ti+4].[Ti+4]. The second-order valence-electron chi connectivity index (χ2n) is 0. The van der Waals surface area contributed by atoms with Crippen LogP contribution in [0.15, 0.2) is 0 Å². The maximum Gasteiger partial charge on any atom is 4.00 e. The van der Waals surface area contributed by atoms with Gasteiger partial charge >= 0.3 is 109 Å². The van der Waals surface area contributed by atoms with Gasteiger partial charge in [0.15, 0.2) is 0 Å². The van der Waals surface area contributed by atoms with Gasteiger partial charge in [-0.1, -0.05) is 0 Å². The standard InChI is InChI=1S/Mo.O.5Ti/q;-2;5*+4. The minimum absolute atomic E-state index is 0. The molecule has 0 unspecified atom stereocenters. The summed E-state index contributed by atoms with van der Waals surface area (Å²) < 4.78 is 0. The fourth-order valence-electron chi connectivity index (χ4n) is 0. The first kappa shape index (κ1) is 65.8. The van der Waals surface area contributed by atoms with E-state index in [2.05, 4.69) is 0 Å². The first-order chi connectivity index (χ1) is 0. The molecular weight excluding hydrogens is 351 g/mol. The summed E-state index contributed by atoms with van der Waals surface area (Å²) in [5.41, 5.74) is 0. The molecule has 0 bridgehead atoms. The maximum absolute atomic E-state index is 0. The Hall–Kier alpha value is 4.22. The van der Waals surface area contributed by atoms with Crippen LogP contribution >= 0.6 is 0 Å².